The van der Waals surface area contributed by atoms with Crippen LogP contribution in [0.3, 0.4) is 0 Å². The van der Waals surface area contributed by atoms with Crippen LogP contribution in [0.15, 0.2) is 36.8 Å². The SMILES string of the molecule is O=C(NCc1ccnc(-n2cccn2)c1)[C@H]1CCCO1. The van der Waals surface area contributed by atoms with Crippen molar-refractivity contribution in [2.45, 2.75) is 25.5 Å². The second kappa shape index (κ2) is 5.83. The van der Waals surface area contributed by atoms with E-state index in [4.69, 9.17) is 4.74 Å². The number of nitrogens with one attached hydrogen (secondary N) is 1. The van der Waals surface area contributed by atoms with Gasteiger partial charge in [-0.3, -0.25) is 4.79 Å². The zero-order valence-electron chi connectivity index (χ0n) is 11.0. The van der Waals surface area contributed by atoms with Gasteiger partial charge < -0.3 is 10.1 Å². The second-order valence-corrected chi connectivity index (χ2v) is 4.69. The zero-order chi connectivity index (χ0) is 13.8. The lowest BCUT2D eigenvalue weighted by atomic mass is 10.2. The van der Waals surface area contributed by atoms with Crippen molar-refractivity contribution >= 4 is 5.91 Å². The summed E-state index contributed by atoms with van der Waals surface area (Å²) in [6.45, 7) is 1.15. The maximum absolute atomic E-state index is 11.9. The molecule has 1 amide bonds. The van der Waals surface area contributed by atoms with Crippen LogP contribution in [0.1, 0.15) is 18.4 Å². The van der Waals surface area contributed by atoms with E-state index in [0.29, 0.717) is 13.2 Å². The molecule has 104 valence electrons. The minimum absolute atomic E-state index is 0.0417. The highest BCUT2D eigenvalue weighted by molar-refractivity contribution is 5.80. The van der Waals surface area contributed by atoms with E-state index in [1.807, 2.05) is 24.4 Å². The molecule has 3 rings (SSSR count). The van der Waals surface area contributed by atoms with Crippen molar-refractivity contribution in [1.29, 1.82) is 0 Å². The number of hydrogen-bond donors (Lipinski definition) is 1. The van der Waals surface area contributed by atoms with E-state index in [0.717, 1.165) is 24.2 Å². The first-order valence-electron chi connectivity index (χ1n) is 6.67. The normalized spacial score (nSPS) is 18.1. The average Bonchev–Trinajstić information content (AvgIpc) is 3.17. The van der Waals surface area contributed by atoms with Gasteiger partial charge >= 0.3 is 0 Å². The third-order valence-corrected chi connectivity index (χ3v) is 3.24. The summed E-state index contributed by atoms with van der Waals surface area (Å²) in [7, 11) is 0. The van der Waals surface area contributed by atoms with Crippen molar-refractivity contribution in [2.24, 2.45) is 0 Å². The number of hydrogen-bond acceptors (Lipinski definition) is 4. The van der Waals surface area contributed by atoms with E-state index in [2.05, 4.69) is 15.4 Å². The summed E-state index contributed by atoms with van der Waals surface area (Å²) in [6, 6.07) is 5.62. The first kappa shape index (κ1) is 12.8. The molecule has 3 heterocycles. The minimum atomic E-state index is -0.289. The van der Waals surface area contributed by atoms with Crippen LogP contribution >= 0.6 is 0 Å². The van der Waals surface area contributed by atoms with Gasteiger partial charge in [-0.2, -0.15) is 5.10 Å². The predicted molar refractivity (Wildman–Crippen MR) is 72.2 cm³/mol. The van der Waals surface area contributed by atoms with Crippen molar-refractivity contribution in [1.82, 2.24) is 20.1 Å². The second-order valence-electron chi connectivity index (χ2n) is 4.69. The number of nitrogens with zero attached hydrogens (tertiary/aromatic N) is 3. The highest BCUT2D eigenvalue weighted by Gasteiger charge is 2.22. The summed E-state index contributed by atoms with van der Waals surface area (Å²) in [5, 5.41) is 7.02. The first-order valence-corrected chi connectivity index (χ1v) is 6.67. The van der Waals surface area contributed by atoms with Crippen molar-refractivity contribution in [2.75, 3.05) is 6.61 Å². The van der Waals surface area contributed by atoms with Crippen molar-refractivity contribution in [3.63, 3.8) is 0 Å². The number of pyridine rings is 1. The van der Waals surface area contributed by atoms with Gasteiger partial charge in [0.1, 0.15) is 6.10 Å². The molecule has 1 atom stereocenters. The third-order valence-electron chi connectivity index (χ3n) is 3.24. The molecule has 0 radical (unpaired) electrons. The standard InChI is InChI=1S/C14H16N4O2/c19-14(12-3-1-8-20-12)16-10-11-4-6-15-13(9-11)18-7-2-5-17-18/h2,4-7,9,12H,1,3,8,10H2,(H,16,19)/t12-/m1/s1. The van der Waals surface area contributed by atoms with Gasteiger partial charge in [0, 0.05) is 31.7 Å². The molecule has 20 heavy (non-hydrogen) atoms. The van der Waals surface area contributed by atoms with Crippen LogP contribution in [-0.2, 0) is 16.1 Å². The Morgan fingerprint density at radius 3 is 3.20 bits per heavy atom. The Morgan fingerprint density at radius 2 is 2.45 bits per heavy atom. The smallest absolute Gasteiger partial charge is 0.249 e. The molecule has 0 unspecified atom stereocenters. The van der Waals surface area contributed by atoms with Gasteiger partial charge in [0.2, 0.25) is 5.91 Å². The molecule has 1 N–H and O–H groups in total. The Hall–Kier alpha value is -2.21. The molecule has 1 saturated heterocycles. The number of rotatable bonds is 4. The molecule has 6 heteroatoms. The third kappa shape index (κ3) is 2.85. The van der Waals surface area contributed by atoms with Crippen LogP contribution in [-0.4, -0.2) is 33.4 Å². The number of aromatic nitrogens is 3. The van der Waals surface area contributed by atoms with E-state index in [9.17, 15) is 4.79 Å². The Bertz CT molecular complexity index is 577. The summed E-state index contributed by atoms with van der Waals surface area (Å²) in [5.41, 5.74) is 0.983. The molecular weight excluding hydrogens is 256 g/mol. The largest absolute Gasteiger partial charge is 0.368 e. The molecule has 1 aliphatic rings. The van der Waals surface area contributed by atoms with E-state index < -0.39 is 0 Å². The number of carbonyl (C=O) groups excluding carboxylic acids is 1. The molecular formula is C14H16N4O2. The van der Waals surface area contributed by atoms with Crippen LogP contribution in [0.4, 0.5) is 0 Å². The van der Waals surface area contributed by atoms with Crippen LogP contribution in [0.2, 0.25) is 0 Å². The lowest BCUT2D eigenvalue weighted by Crippen LogP contribution is -2.33. The lowest BCUT2D eigenvalue weighted by Gasteiger charge is -2.10. The fraction of sp³-hybridized carbons (Fsp3) is 0.357. The van der Waals surface area contributed by atoms with Gasteiger partial charge in [0.05, 0.1) is 0 Å². The molecule has 0 spiro atoms. The Labute approximate surface area is 116 Å². The van der Waals surface area contributed by atoms with E-state index in [-0.39, 0.29) is 12.0 Å². The average molecular weight is 272 g/mol. The maximum Gasteiger partial charge on any atom is 0.249 e. The summed E-state index contributed by atoms with van der Waals surface area (Å²) >= 11 is 0. The van der Waals surface area contributed by atoms with Gasteiger partial charge in [0.15, 0.2) is 5.82 Å². The number of amides is 1. The van der Waals surface area contributed by atoms with Crippen molar-refractivity contribution < 1.29 is 9.53 Å². The van der Waals surface area contributed by atoms with Gasteiger partial charge in [-0.25, -0.2) is 9.67 Å². The van der Waals surface area contributed by atoms with E-state index in [1.54, 1.807) is 17.1 Å². The highest BCUT2D eigenvalue weighted by Crippen LogP contribution is 2.12. The number of ether oxygens (including phenoxy) is 1. The lowest BCUT2D eigenvalue weighted by molar-refractivity contribution is -0.130. The minimum Gasteiger partial charge on any atom is -0.368 e. The summed E-state index contributed by atoms with van der Waals surface area (Å²) < 4.78 is 7.03. The topological polar surface area (TPSA) is 69.0 Å². The monoisotopic (exact) mass is 272 g/mol. The molecule has 2 aromatic rings. The summed E-state index contributed by atoms with van der Waals surface area (Å²) in [6.07, 6.45) is 6.72. The van der Waals surface area contributed by atoms with Crippen molar-refractivity contribution in [3.8, 4) is 5.82 Å². The molecule has 2 aromatic heterocycles. The van der Waals surface area contributed by atoms with Crippen LogP contribution in [0.5, 0.6) is 0 Å². The van der Waals surface area contributed by atoms with E-state index >= 15 is 0 Å². The van der Waals surface area contributed by atoms with Gasteiger partial charge in [-0.1, -0.05) is 0 Å². The summed E-state index contributed by atoms with van der Waals surface area (Å²) in [4.78, 5) is 16.1. The fourth-order valence-electron chi connectivity index (χ4n) is 2.19. The summed E-state index contributed by atoms with van der Waals surface area (Å²) in [5.74, 6) is 0.693. The van der Waals surface area contributed by atoms with Gasteiger partial charge in [-0.05, 0) is 36.6 Å². The quantitative estimate of drug-likeness (QED) is 0.903. The van der Waals surface area contributed by atoms with Gasteiger partial charge in [-0.15, -0.1) is 0 Å². The van der Waals surface area contributed by atoms with Crippen molar-refractivity contribution in [3.05, 3.63) is 42.4 Å². The van der Waals surface area contributed by atoms with Crippen LogP contribution in [0.25, 0.3) is 5.82 Å². The Morgan fingerprint density at radius 1 is 1.50 bits per heavy atom. The Balaban J connectivity index is 1.63. The molecule has 0 aromatic carbocycles. The molecule has 1 aliphatic heterocycles. The predicted octanol–water partition coefficient (Wildman–Crippen LogP) is 1.06. The van der Waals surface area contributed by atoms with Gasteiger partial charge in [0.25, 0.3) is 0 Å². The molecule has 0 saturated carbocycles. The van der Waals surface area contributed by atoms with Crippen LogP contribution < -0.4 is 5.32 Å². The Kier molecular flexibility index (Phi) is 3.73. The van der Waals surface area contributed by atoms with E-state index in [1.165, 1.54) is 0 Å². The molecule has 6 nitrogen and oxygen atoms in total. The van der Waals surface area contributed by atoms with Crippen LogP contribution in [0, 0.1) is 0 Å². The molecule has 0 aliphatic carbocycles. The fourth-order valence-corrected chi connectivity index (χ4v) is 2.19. The maximum atomic E-state index is 11.9. The first-order chi connectivity index (χ1) is 9.83. The zero-order valence-corrected chi connectivity index (χ0v) is 11.0. The molecule has 1 fully saturated rings. The number of carbonyl (C=O) groups is 1. The highest BCUT2D eigenvalue weighted by atomic mass is 16.5. The molecule has 0 bridgehead atoms.